The average Bonchev–Trinajstić information content (AvgIpc) is 3.50. The number of amides is 1. The number of hydrogen-bond acceptors (Lipinski definition) is 3. The summed E-state index contributed by atoms with van der Waals surface area (Å²) in [5.41, 5.74) is 2.62. The number of fused-ring (bicyclic) bond motifs is 1. The summed E-state index contributed by atoms with van der Waals surface area (Å²) >= 11 is 0. The quantitative estimate of drug-likeness (QED) is 0.741. The number of nitrogens with one attached hydrogen (secondary N) is 1. The van der Waals surface area contributed by atoms with E-state index in [0.29, 0.717) is 0 Å². The molecule has 5 nitrogen and oxygen atoms in total. The van der Waals surface area contributed by atoms with Gasteiger partial charge in [-0.05, 0) is 55.5 Å². The third-order valence-electron chi connectivity index (χ3n) is 6.02. The second kappa shape index (κ2) is 6.89. The van der Waals surface area contributed by atoms with Crippen LogP contribution in [-0.4, -0.2) is 20.7 Å². The smallest absolute Gasteiger partial charge is 0.235 e. The van der Waals surface area contributed by atoms with Gasteiger partial charge >= 0.3 is 0 Å². The van der Waals surface area contributed by atoms with Crippen molar-refractivity contribution in [3.8, 4) is 11.4 Å². The molecule has 0 unspecified atom stereocenters. The molecule has 1 aromatic heterocycles. The molecule has 1 N–H and O–H groups in total. The molecule has 1 amide bonds. The number of hydrogen-bond donors (Lipinski definition) is 1. The van der Waals surface area contributed by atoms with Crippen LogP contribution < -0.4 is 5.32 Å². The van der Waals surface area contributed by atoms with Crippen LogP contribution in [0.5, 0.6) is 0 Å². The third-order valence-corrected chi connectivity index (χ3v) is 6.02. The van der Waals surface area contributed by atoms with Crippen molar-refractivity contribution in [2.45, 2.75) is 50.5 Å². The van der Waals surface area contributed by atoms with Gasteiger partial charge in [-0.25, -0.2) is 0 Å². The lowest BCUT2D eigenvalue weighted by Crippen LogP contribution is -2.27. The minimum absolute atomic E-state index is 0.0859. The number of nitrogens with zero attached hydrogens (tertiary/aromatic N) is 3. The van der Waals surface area contributed by atoms with Gasteiger partial charge in [0.05, 0.1) is 5.41 Å². The van der Waals surface area contributed by atoms with Gasteiger partial charge in [0.2, 0.25) is 5.91 Å². The van der Waals surface area contributed by atoms with E-state index >= 15 is 0 Å². The fourth-order valence-electron chi connectivity index (χ4n) is 4.18. The van der Waals surface area contributed by atoms with Crippen LogP contribution in [0.2, 0.25) is 0 Å². The molecule has 3 aromatic rings. The molecule has 2 aromatic carbocycles. The number of carbonyl (C=O) groups excluding carboxylic acids is 1. The van der Waals surface area contributed by atoms with E-state index in [9.17, 15) is 4.79 Å². The third kappa shape index (κ3) is 3.01. The lowest BCUT2D eigenvalue weighted by atomic mass is 9.95. The van der Waals surface area contributed by atoms with E-state index in [0.717, 1.165) is 54.3 Å². The van der Waals surface area contributed by atoms with Crippen molar-refractivity contribution in [1.82, 2.24) is 14.8 Å². The minimum Gasteiger partial charge on any atom is -0.325 e. The standard InChI is InChI=1S/C23H24N4O/c28-22(23(14-15-23)18-7-3-1-4-8-18)24-19-12-10-17(11-13-19)21-26-25-20-9-5-2-6-16-27(20)21/h1,3-4,7-8,10-13H,2,5-6,9,14-16H2,(H,24,28). The van der Waals surface area contributed by atoms with Crippen LogP contribution in [0.15, 0.2) is 54.6 Å². The maximum Gasteiger partial charge on any atom is 0.235 e. The van der Waals surface area contributed by atoms with E-state index in [-0.39, 0.29) is 11.3 Å². The van der Waals surface area contributed by atoms with E-state index in [1.807, 2.05) is 54.6 Å². The summed E-state index contributed by atoms with van der Waals surface area (Å²) in [4.78, 5) is 12.9. The molecule has 0 atom stereocenters. The molecule has 28 heavy (non-hydrogen) atoms. The van der Waals surface area contributed by atoms with E-state index in [1.54, 1.807) is 0 Å². The van der Waals surface area contributed by atoms with Gasteiger partial charge in [-0.2, -0.15) is 0 Å². The van der Waals surface area contributed by atoms with Gasteiger partial charge in [0.1, 0.15) is 5.82 Å². The molecule has 1 aliphatic carbocycles. The highest BCUT2D eigenvalue weighted by molar-refractivity contribution is 6.01. The Bertz CT molecular complexity index is 987. The molecule has 2 aliphatic rings. The largest absolute Gasteiger partial charge is 0.325 e. The SMILES string of the molecule is O=C(Nc1ccc(-c2nnc3n2CCCCC3)cc1)C1(c2ccccc2)CC1. The minimum atomic E-state index is -0.357. The molecule has 2 heterocycles. The normalized spacial score (nSPS) is 17.4. The van der Waals surface area contributed by atoms with E-state index in [1.165, 1.54) is 19.3 Å². The summed E-state index contributed by atoms with van der Waals surface area (Å²) in [5, 5.41) is 11.9. The van der Waals surface area contributed by atoms with Crippen LogP contribution in [0.1, 0.15) is 43.5 Å². The molecule has 1 saturated carbocycles. The first-order chi connectivity index (χ1) is 13.8. The molecule has 5 rings (SSSR count). The zero-order valence-electron chi connectivity index (χ0n) is 15.9. The van der Waals surface area contributed by atoms with Crippen molar-refractivity contribution in [2.24, 2.45) is 0 Å². The van der Waals surface area contributed by atoms with Crippen LogP contribution in [0, 0.1) is 0 Å². The van der Waals surface area contributed by atoms with Gasteiger partial charge in [-0.15, -0.1) is 10.2 Å². The Morgan fingerprint density at radius 3 is 2.46 bits per heavy atom. The molecular weight excluding hydrogens is 348 g/mol. The van der Waals surface area contributed by atoms with Crippen molar-refractivity contribution < 1.29 is 4.79 Å². The highest BCUT2D eigenvalue weighted by atomic mass is 16.2. The van der Waals surface area contributed by atoms with Gasteiger partial charge in [-0.1, -0.05) is 36.8 Å². The van der Waals surface area contributed by atoms with Gasteiger partial charge < -0.3 is 9.88 Å². The summed E-state index contributed by atoms with van der Waals surface area (Å²) < 4.78 is 2.25. The summed E-state index contributed by atoms with van der Waals surface area (Å²) in [6.45, 7) is 0.982. The lowest BCUT2D eigenvalue weighted by Gasteiger charge is -2.16. The van der Waals surface area contributed by atoms with Gasteiger partial charge in [-0.3, -0.25) is 4.79 Å². The predicted octanol–water partition coefficient (Wildman–Crippen LogP) is 4.34. The maximum atomic E-state index is 12.9. The number of carbonyl (C=O) groups is 1. The first kappa shape index (κ1) is 17.2. The predicted molar refractivity (Wildman–Crippen MR) is 109 cm³/mol. The Labute approximate surface area is 164 Å². The molecule has 0 spiro atoms. The number of aromatic nitrogens is 3. The molecule has 0 bridgehead atoms. The van der Waals surface area contributed by atoms with Crippen LogP contribution in [0.4, 0.5) is 5.69 Å². The van der Waals surface area contributed by atoms with E-state index < -0.39 is 0 Å². The zero-order chi connectivity index (χ0) is 19.0. The van der Waals surface area contributed by atoms with Crippen LogP contribution in [-0.2, 0) is 23.2 Å². The van der Waals surface area contributed by atoms with E-state index in [2.05, 4.69) is 20.1 Å². The summed E-state index contributed by atoms with van der Waals surface area (Å²) in [5.74, 6) is 2.10. The van der Waals surface area contributed by atoms with Crippen LogP contribution in [0.25, 0.3) is 11.4 Å². The monoisotopic (exact) mass is 372 g/mol. The molecule has 142 valence electrons. The Morgan fingerprint density at radius 1 is 0.929 bits per heavy atom. The fraction of sp³-hybridized carbons (Fsp3) is 0.348. The molecule has 1 fully saturated rings. The van der Waals surface area contributed by atoms with Gasteiger partial charge in [0.15, 0.2) is 5.82 Å². The fourth-order valence-corrected chi connectivity index (χ4v) is 4.18. The van der Waals surface area contributed by atoms with Crippen molar-refractivity contribution in [3.05, 3.63) is 66.0 Å². The van der Waals surface area contributed by atoms with Crippen molar-refractivity contribution in [2.75, 3.05) is 5.32 Å². The Balaban J connectivity index is 1.34. The van der Waals surface area contributed by atoms with E-state index in [4.69, 9.17) is 0 Å². The highest BCUT2D eigenvalue weighted by Crippen LogP contribution is 2.48. The Morgan fingerprint density at radius 2 is 1.71 bits per heavy atom. The molecule has 0 saturated heterocycles. The Kier molecular flexibility index (Phi) is 4.23. The average molecular weight is 372 g/mol. The van der Waals surface area contributed by atoms with Gasteiger partial charge in [0, 0.05) is 24.2 Å². The molecule has 1 aliphatic heterocycles. The first-order valence-corrected chi connectivity index (χ1v) is 10.2. The molecular formula is C23H24N4O. The first-order valence-electron chi connectivity index (χ1n) is 10.2. The second-order valence-corrected chi connectivity index (χ2v) is 7.88. The number of anilines is 1. The molecule has 5 heteroatoms. The number of benzene rings is 2. The summed E-state index contributed by atoms with van der Waals surface area (Å²) in [6, 6.07) is 18.1. The number of aryl methyl sites for hydroxylation is 1. The summed E-state index contributed by atoms with van der Waals surface area (Å²) in [6.07, 6.45) is 6.43. The second-order valence-electron chi connectivity index (χ2n) is 7.88. The lowest BCUT2D eigenvalue weighted by molar-refractivity contribution is -0.118. The van der Waals surface area contributed by atoms with Crippen molar-refractivity contribution in [1.29, 1.82) is 0 Å². The van der Waals surface area contributed by atoms with Gasteiger partial charge in [0.25, 0.3) is 0 Å². The summed E-state index contributed by atoms with van der Waals surface area (Å²) in [7, 11) is 0. The topological polar surface area (TPSA) is 59.8 Å². The number of rotatable bonds is 4. The van der Waals surface area contributed by atoms with Crippen molar-refractivity contribution >= 4 is 11.6 Å². The highest BCUT2D eigenvalue weighted by Gasteiger charge is 2.51. The maximum absolute atomic E-state index is 12.9. The zero-order valence-corrected chi connectivity index (χ0v) is 15.9. The van der Waals surface area contributed by atoms with Crippen LogP contribution >= 0.6 is 0 Å². The molecule has 0 radical (unpaired) electrons. The van der Waals surface area contributed by atoms with Crippen molar-refractivity contribution in [3.63, 3.8) is 0 Å². The Hall–Kier alpha value is -2.95. The van der Waals surface area contributed by atoms with Crippen LogP contribution in [0.3, 0.4) is 0 Å².